The number of carbonyl (C=O) groups excluding carboxylic acids is 2. The quantitative estimate of drug-likeness (QED) is 0.520. The minimum absolute atomic E-state index is 0.109. The molecule has 0 bridgehead atoms. The minimum Gasteiger partial charge on any atom is -0.461 e. The van der Waals surface area contributed by atoms with E-state index in [9.17, 15) is 9.59 Å². The van der Waals surface area contributed by atoms with Crippen molar-refractivity contribution in [2.24, 2.45) is 0 Å². The lowest BCUT2D eigenvalue weighted by molar-refractivity contribution is -0.151. The number of thioether (sulfide) groups is 1. The van der Waals surface area contributed by atoms with Gasteiger partial charge in [0.05, 0.1) is 0 Å². The third-order valence-corrected chi connectivity index (χ3v) is 2.22. The lowest BCUT2D eigenvalue weighted by atomic mass is 10.6. The zero-order valence-electron chi connectivity index (χ0n) is 8.90. The summed E-state index contributed by atoms with van der Waals surface area (Å²) < 4.78 is 9.73. The molecule has 82 valence electrons. The van der Waals surface area contributed by atoms with Crippen molar-refractivity contribution < 1.29 is 19.1 Å². The molecule has 1 atom stereocenters. The molecule has 4 nitrogen and oxygen atoms in total. The molecule has 0 N–H and O–H groups in total. The molecule has 5 heteroatoms. The van der Waals surface area contributed by atoms with Crippen molar-refractivity contribution in [1.82, 2.24) is 0 Å². The fourth-order valence-electron chi connectivity index (χ4n) is 0.775. The van der Waals surface area contributed by atoms with E-state index in [4.69, 9.17) is 9.47 Å². The van der Waals surface area contributed by atoms with Crippen molar-refractivity contribution in [3.63, 3.8) is 0 Å². The maximum Gasteiger partial charge on any atom is 0.303 e. The van der Waals surface area contributed by atoms with Gasteiger partial charge in [-0.3, -0.25) is 9.59 Å². The van der Waals surface area contributed by atoms with E-state index in [-0.39, 0.29) is 18.5 Å². The Morgan fingerprint density at radius 3 is 2.14 bits per heavy atom. The molecule has 0 aromatic carbocycles. The van der Waals surface area contributed by atoms with Crippen LogP contribution >= 0.6 is 11.8 Å². The van der Waals surface area contributed by atoms with Crippen molar-refractivity contribution >= 4 is 23.7 Å². The summed E-state index contributed by atoms with van der Waals surface area (Å²) in [5.41, 5.74) is -0.406. The maximum absolute atomic E-state index is 10.7. The summed E-state index contributed by atoms with van der Waals surface area (Å²) in [7, 11) is 0. The van der Waals surface area contributed by atoms with Crippen molar-refractivity contribution in [2.45, 2.75) is 38.4 Å². The summed E-state index contributed by atoms with van der Waals surface area (Å²) in [5.74, 6) is -0.734. The fraction of sp³-hybridized carbons (Fsp3) is 0.778. The number of esters is 2. The number of rotatable bonds is 5. The van der Waals surface area contributed by atoms with Gasteiger partial charge in [0.15, 0.2) is 5.44 Å². The molecule has 0 aromatic heterocycles. The van der Waals surface area contributed by atoms with Gasteiger partial charge in [-0.15, -0.1) is 11.8 Å². The Kier molecular flexibility index (Phi) is 6.36. The Bertz CT molecular complexity index is 203. The van der Waals surface area contributed by atoms with Crippen LogP contribution in [-0.2, 0) is 19.1 Å². The lowest BCUT2D eigenvalue weighted by Gasteiger charge is -2.17. The van der Waals surface area contributed by atoms with Crippen molar-refractivity contribution in [3.8, 4) is 0 Å². The van der Waals surface area contributed by atoms with Crippen LogP contribution in [0.2, 0.25) is 0 Å². The third kappa shape index (κ3) is 7.91. The SMILES string of the molecule is CC(=O)OC[C@H](OC(C)=O)SC(C)C. The smallest absolute Gasteiger partial charge is 0.303 e. The molecule has 0 saturated carbocycles. The number of ether oxygens (including phenoxy) is 2. The molecule has 0 rings (SSSR count). The number of hydrogen-bond donors (Lipinski definition) is 0. The molecule has 0 saturated heterocycles. The van der Waals surface area contributed by atoms with Gasteiger partial charge in [0.2, 0.25) is 0 Å². The van der Waals surface area contributed by atoms with Crippen molar-refractivity contribution in [3.05, 3.63) is 0 Å². The summed E-state index contributed by atoms with van der Waals surface area (Å²) in [5, 5.41) is 0.315. The molecule has 0 aliphatic heterocycles. The Morgan fingerprint density at radius 1 is 1.21 bits per heavy atom. The van der Waals surface area contributed by atoms with Crippen LogP contribution < -0.4 is 0 Å². The highest BCUT2D eigenvalue weighted by molar-refractivity contribution is 8.00. The van der Waals surface area contributed by atoms with Crippen LogP contribution in [-0.4, -0.2) is 29.2 Å². The highest BCUT2D eigenvalue weighted by Gasteiger charge is 2.15. The molecule has 14 heavy (non-hydrogen) atoms. The van der Waals surface area contributed by atoms with E-state index in [1.165, 1.54) is 25.6 Å². The molecule has 0 radical (unpaired) electrons. The van der Waals surface area contributed by atoms with Crippen LogP contribution in [0.15, 0.2) is 0 Å². The molecule has 0 fully saturated rings. The largest absolute Gasteiger partial charge is 0.461 e. The average Bonchev–Trinajstić information content (AvgIpc) is 1.97. The average molecular weight is 220 g/mol. The van der Waals surface area contributed by atoms with Crippen LogP contribution in [0.1, 0.15) is 27.7 Å². The minimum atomic E-state index is -0.406. The Hall–Kier alpha value is -0.710. The molecule has 0 heterocycles. The van der Waals surface area contributed by atoms with Gasteiger partial charge in [-0.1, -0.05) is 13.8 Å². The van der Waals surface area contributed by atoms with Gasteiger partial charge in [-0.05, 0) is 0 Å². The van der Waals surface area contributed by atoms with Crippen LogP contribution in [0.3, 0.4) is 0 Å². The first kappa shape index (κ1) is 13.3. The van der Waals surface area contributed by atoms with Crippen molar-refractivity contribution in [2.75, 3.05) is 6.61 Å². The Morgan fingerprint density at radius 2 is 1.79 bits per heavy atom. The van der Waals surface area contributed by atoms with Crippen LogP contribution in [0.4, 0.5) is 0 Å². The molecular weight excluding hydrogens is 204 g/mol. The summed E-state index contributed by atoms with van der Waals surface area (Å²) in [4.78, 5) is 21.3. The molecule has 0 amide bonds. The highest BCUT2D eigenvalue weighted by atomic mass is 32.2. The Balaban J connectivity index is 3.96. The van der Waals surface area contributed by atoms with Crippen molar-refractivity contribution in [1.29, 1.82) is 0 Å². The van der Waals surface area contributed by atoms with E-state index in [1.807, 2.05) is 13.8 Å². The summed E-state index contributed by atoms with van der Waals surface area (Å²) in [6.07, 6.45) is 0. The summed E-state index contributed by atoms with van der Waals surface area (Å²) >= 11 is 1.45. The number of hydrogen-bond acceptors (Lipinski definition) is 5. The van der Waals surface area contributed by atoms with Gasteiger partial charge in [0.1, 0.15) is 6.61 Å². The highest BCUT2D eigenvalue weighted by Crippen LogP contribution is 2.18. The summed E-state index contributed by atoms with van der Waals surface area (Å²) in [6.45, 7) is 6.73. The standard InChI is InChI=1S/C9H16O4S/c1-6(2)14-9(13-8(4)11)5-12-7(3)10/h6,9H,5H2,1-4H3/t9-/m1/s1. The predicted octanol–water partition coefficient (Wildman–Crippen LogP) is 1.58. The predicted molar refractivity (Wildman–Crippen MR) is 54.9 cm³/mol. The Labute approximate surface area is 88.3 Å². The van der Waals surface area contributed by atoms with Crippen LogP contribution in [0.5, 0.6) is 0 Å². The van der Waals surface area contributed by atoms with Gasteiger partial charge in [-0.2, -0.15) is 0 Å². The first-order valence-corrected chi connectivity index (χ1v) is 5.32. The second kappa shape index (κ2) is 6.70. The molecule has 0 unspecified atom stereocenters. The monoisotopic (exact) mass is 220 g/mol. The topological polar surface area (TPSA) is 52.6 Å². The maximum atomic E-state index is 10.7. The van der Waals surface area contributed by atoms with E-state index in [1.54, 1.807) is 0 Å². The first-order chi connectivity index (χ1) is 6.41. The van der Waals surface area contributed by atoms with E-state index in [0.29, 0.717) is 5.25 Å². The number of carbonyl (C=O) groups is 2. The third-order valence-electron chi connectivity index (χ3n) is 1.14. The van der Waals surface area contributed by atoms with Gasteiger partial charge in [0.25, 0.3) is 0 Å². The van der Waals surface area contributed by atoms with E-state index in [2.05, 4.69) is 0 Å². The zero-order valence-corrected chi connectivity index (χ0v) is 9.72. The van der Waals surface area contributed by atoms with Crippen LogP contribution in [0.25, 0.3) is 0 Å². The molecule has 0 spiro atoms. The molecule has 0 aliphatic carbocycles. The van der Waals surface area contributed by atoms with E-state index in [0.717, 1.165) is 0 Å². The van der Waals surface area contributed by atoms with Gasteiger partial charge in [0, 0.05) is 19.1 Å². The normalized spacial score (nSPS) is 12.4. The van der Waals surface area contributed by atoms with Gasteiger partial charge >= 0.3 is 11.9 Å². The second-order valence-electron chi connectivity index (χ2n) is 3.03. The zero-order chi connectivity index (χ0) is 11.1. The molecule has 0 aliphatic rings. The lowest BCUT2D eigenvalue weighted by Crippen LogP contribution is -2.22. The fourth-order valence-corrected chi connectivity index (χ4v) is 1.72. The summed E-state index contributed by atoms with van der Waals surface area (Å²) in [6, 6.07) is 0. The van der Waals surface area contributed by atoms with Crippen LogP contribution in [0, 0.1) is 0 Å². The second-order valence-corrected chi connectivity index (χ2v) is 4.77. The van der Waals surface area contributed by atoms with Gasteiger partial charge in [-0.25, -0.2) is 0 Å². The molecule has 0 aromatic rings. The molecular formula is C9H16O4S. The first-order valence-electron chi connectivity index (χ1n) is 4.38. The van der Waals surface area contributed by atoms with E-state index < -0.39 is 5.44 Å². The van der Waals surface area contributed by atoms with Gasteiger partial charge < -0.3 is 9.47 Å². The van der Waals surface area contributed by atoms with E-state index >= 15 is 0 Å².